The number of fused-ring (bicyclic) bond motifs is 1. The molecule has 0 radical (unpaired) electrons. The molecule has 1 aromatic heterocycles. The van der Waals surface area contributed by atoms with Gasteiger partial charge in [-0.3, -0.25) is 4.98 Å². The average Bonchev–Trinajstić information content (AvgIpc) is 2.48. The van der Waals surface area contributed by atoms with Gasteiger partial charge in [-0.2, -0.15) is 0 Å². The van der Waals surface area contributed by atoms with Crippen molar-refractivity contribution in [3.05, 3.63) is 59.4 Å². The van der Waals surface area contributed by atoms with Crippen molar-refractivity contribution in [3.8, 4) is 0 Å². The lowest BCUT2D eigenvalue weighted by Gasteiger charge is -2.26. The van der Waals surface area contributed by atoms with Gasteiger partial charge in [0.25, 0.3) is 0 Å². The Bertz CT molecular complexity index is 568. The predicted octanol–water partition coefficient (Wildman–Crippen LogP) is 3.06. The highest BCUT2D eigenvalue weighted by molar-refractivity contribution is 5.52. The third kappa shape index (κ3) is 2.47. The van der Waals surface area contributed by atoms with Crippen LogP contribution < -0.4 is 5.32 Å². The molecular weight excluding hydrogens is 236 g/mol. The molecule has 0 bridgehead atoms. The number of rotatable bonds is 3. The Kier molecular flexibility index (Phi) is 3.47. The van der Waals surface area contributed by atoms with Crippen LogP contribution in [-0.2, 0) is 13.0 Å². The summed E-state index contributed by atoms with van der Waals surface area (Å²) in [5, 5.41) is 12.9. The molecule has 98 valence electrons. The van der Waals surface area contributed by atoms with Gasteiger partial charge in [-0.15, -0.1) is 0 Å². The van der Waals surface area contributed by atoms with E-state index in [1.165, 1.54) is 12.0 Å². The van der Waals surface area contributed by atoms with Gasteiger partial charge in [-0.25, -0.2) is 0 Å². The number of anilines is 1. The molecule has 0 saturated carbocycles. The molecule has 3 nitrogen and oxygen atoms in total. The molecule has 0 spiro atoms. The van der Waals surface area contributed by atoms with E-state index in [0.29, 0.717) is 0 Å². The first-order chi connectivity index (χ1) is 9.38. The van der Waals surface area contributed by atoms with E-state index in [1.807, 2.05) is 36.5 Å². The van der Waals surface area contributed by atoms with Crippen molar-refractivity contribution < 1.29 is 5.11 Å². The standard InChI is InChI=1S/C16H18N2O/c19-11-13-5-1-2-8-14(13)18-15-9-3-6-12-7-4-10-17-16(12)15/h1-2,4-5,7-8,10,15,18-19H,3,6,9,11H2. The molecule has 1 unspecified atom stereocenters. The number of para-hydroxylation sites is 1. The second-order valence-corrected chi connectivity index (χ2v) is 4.95. The van der Waals surface area contributed by atoms with Gasteiger partial charge in [0.2, 0.25) is 0 Å². The Hall–Kier alpha value is -1.87. The summed E-state index contributed by atoms with van der Waals surface area (Å²) in [5.74, 6) is 0. The third-order valence-corrected chi connectivity index (χ3v) is 3.71. The van der Waals surface area contributed by atoms with Gasteiger partial charge in [0, 0.05) is 17.4 Å². The summed E-state index contributed by atoms with van der Waals surface area (Å²) in [6, 6.07) is 12.3. The first-order valence-corrected chi connectivity index (χ1v) is 6.77. The lowest BCUT2D eigenvalue weighted by atomic mass is 9.91. The van der Waals surface area contributed by atoms with Gasteiger partial charge < -0.3 is 10.4 Å². The van der Waals surface area contributed by atoms with Gasteiger partial charge in [-0.1, -0.05) is 24.3 Å². The first-order valence-electron chi connectivity index (χ1n) is 6.77. The van der Waals surface area contributed by atoms with Gasteiger partial charge >= 0.3 is 0 Å². The highest BCUT2D eigenvalue weighted by atomic mass is 16.3. The fourth-order valence-electron chi connectivity index (χ4n) is 2.74. The number of hydrogen-bond acceptors (Lipinski definition) is 3. The fourth-order valence-corrected chi connectivity index (χ4v) is 2.74. The lowest BCUT2D eigenvalue weighted by molar-refractivity contribution is 0.282. The highest BCUT2D eigenvalue weighted by Crippen LogP contribution is 2.31. The van der Waals surface area contributed by atoms with E-state index in [0.717, 1.165) is 29.8 Å². The van der Waals surface area contributed by atoms with Crippen LogP contribution in [0.3, 0.4) is 0 Å². The maximum atomic E-state index is 9.39. The van der Waals surface area contributed by atoms with Crippen LogP contribution in [0.25, 0.3) is 0 Å². The Balaban J connectivity index is 1.88. The van der Waals surface area contributed by atoms with Crippen LogP contribution in [0.15, 0.2) is 42.6 Å². The smallest absolute Gasteiger partial charge is 0.0701 e. The van der Waals surface area contributed by atoms with Gasteiger partial charge in [-0.05, 0) is 37.0 Å². The predicted molar refractivity (Wildman–Crippen MR) is 75.9 cm³/mol. The van der Waals surface area contributed by atoms with Crippen molar-refractivity contribution in [3.63, 3.8) is 0 Å². The Labute approximate surface area is 113 Å². The number of aliphatic hydroxyl groups is 1. The molecule has 0 saturated heterocycles. The van der Waals surface area contributed by atoms with Crippen LogP contribution in [0.1, 0.15) is 35.7 Å². The monoisotopic (exact) mass is 254 g/mol. The number of hydrogen-bond donors (Lipinski definition) is 2. The number of nitrogens with one attached hydrogen (secondary N) is 1. The normalized spacial score (nSPS) is 17.8. The van der Waals surface area contributed by atoms with Crippen molar-refractivity contribution >= 4 is 5.69 Å². The van der Waals surface area contributed by atoms with Crippen molar-refractivity contribution in [2.45, 2.75) is 31.9 Å². The zero-order valence-electron chi connectivity index (χ0n) is 10.8. The highest BCUT2D eigenvalue weighted by Gasteiger charge is 2.21. The van der Waals surface area contributed by atoms with Crippen LogP contribution >= 0.6 is 0 Å². The molecule has 0 amide bonds. The van der Waals surface area contributed by atoms with Crippen LogP contribution in [0.4, 0.5) is 5.69 Å². The number of aliphatic hydroxyl groups excluding tert-OH is 1. The summed E-state index contributed by atoms with van der Waals surface area (Å²) in [6.07, 6.45) is 5.24. The number of nitrogens with zero attached hydrogens (tertiary/aromatic N) is 1. The SMILES string of the molecule is OCc1ccccc1NC1CCCc2cccnc21. The second kappa shape index (κ2) is 5.41. The number of aromatic nitrogens is 1. The zero-order chi connectivity index (χ0) is 13.1. The number of benzene rings is 1. The summed E-state index contributed by atoms with van der Waals surface area (Å²) in [6.45, 7) is 0.0605. The summed E-state index contributed by atoms with van der Waals surface area (Å²) >= 11 is 0. The maximum Gasteiger partial charge on any atom is 0.0701 e. The molecule has 0 fully saturated rings. The fraction of sp³-hybridized carbons (Fsp3) is 0.312. The molecule has 1 atom stereocenters. The van der Waals surface area contributed by atoms with Gasteiger partial charge in [0.05, 0.1) is 18.3 Å². The molecule has 1 heterocycles. The van der Waals surface area contributed by atoms with Crippen molar-refractivity contribution in [2.24, 2.45) is 0 Å². The van der Waals surface area contributed by atoms with Gasteiger partial charge in [0.15, 0.2) is 0 Å². The second-order valence-electron chi connectivity index (χ2n) is 4.95. The largest absolute Gasteiger partial charge is 0.392 e. The van der Waals surface area contributed by atoms with E-state index < -0.39 is 0 Å². The Morgan fingerprint density at radius 1 is 1.21 bits per heavy atom. The van der Waals surface area contributed by atoms with Crippen molar-refractivity contribution in [1.82, 2.24) is 4.98 Å². The van der Waals surface area contributed by atoms with E-state index in [4.69, 9.17) is 0 Å². The molecule has 0 aliphatic heterocycles. The quantitative estimate of drug-likeness (QED) is 0.884. The van der Waals surface area contributed by atoms with E-state index in [-0.39, 0.29) is 12.6 Å². The molecular formula is C16H18N2O. The summed E-state index contributed by atoms with van der Waals surface area (Å²) < 4.78 is 0. The first kappa shape index (κ1) is 12.2. The van der Waals surface area contributed by atoms with Gasteiger partial charge in [0.1, 0.15) is 0 Å². The minimum absolute atomic E-state index is 0.0605. The minimum Gasteiger partial charge on any atom is -0.392 e. The van der Waals surface area contributed by atoms with Crippen LogP contribution in [0.5, 0.6) is 0 Å². The van der Waals surface area contributed by atoms with Crippen LogP contribution in [0, 0.1) is 0 Å². The summed E-state index contributed by atoms with van der Waals surface area (Å²) in [7, 11) is 0. The Morgan fingerprint density at radius 2 is 2.11 bits per heavy atom. The number of aryl methyl sites for hydroxylation is 1. The molecule has 19 heavy (non-hydrogen) atoms. The molecule has 1 aromatic carbocycles. The molecule has 3 rings (SSSR count). The van der Waals surface area contributed by atoms with Crippen molar-refractivity contribution in [2.75, 3.05) is 5.32 Å². The molecule has 1 aliphatic rings. The van der Waals surface area contributed by atoms with Crippen LogP contribution in [0.2, 0.25) is 0 Å². The Morgan fingerprint density at radius 3 is 3.00 bits per heavy atom. The molecule has 2 aromatic rings. The molecule has 2 N–H and O–H groups in total. The molecule has 1 aliphatic carbocycles. The van der Waals surface area contributed by atoms with Crippen molar-refractivity contribution in [1.29, 1.82) is 0 Å². The summed E-state index contributed by atoms with van der Waals surface area (Å²) in [5.41, 5.74) is 4.44. The maximum absolute atomic E-state index is 9.39. The molecule has 3 heteroatoms. The van der Waals surface area contributed by atoms with Crippen LogP contribution in [-0.4, -0.2) is 10.1 Å². The summed E-state index contributed by atoms with van der Waals surface area (Å²) in [4.78, 5) is 4.53. The third-order valence-electron chi connectivity index (χ3n) is 3.71. The number of pyridine rings is 1. The zero-order valence-corrected chi connectivity index (χ0v) is 10.8. The lowest BCUT2D eigenvalue weighted by Crippen LogP contribution is -2.19. The van der Waals surface area contributed by atoms with E-state index >= 15 is 0 Å². The average molecular weight is 254 g/mol. The van der Waals surface area contributed by atoms with E-state index in [2.05, 4.69) is 16.4 Å². The van der Waals surface area contributed by atoms with E-state index in [9.17, 15) is 5.11 Å². The van der Waals surface area contributed by atoms with E-state index in [1.54, 1.807) is 0 Å². The minimum atomic E-state index is 0.0605. The topological polar surface area (TPSA) is 45.1 Å².